The average Bonchev–Trinajstić information content (AvgIpc) is 2.80. The van der Waals surface area contributed by atoms with E-state index < -0.39 is 5.97 Å². The highest BCUT2D eigenvalue weighted by Crippen LogP contribution is 2.45. The number of carbonyl (C=O) groups excluding carboxylic acids is 1. The number of allylic oxidation sites excluding steroid dienone is 1. The lowest BCUT2D eigenvalue weighted by Crippen LogP contribution is -2.29. The van der Waals surface area contributed by atoms with E-state index in [1.807, 2.05) is 30.4 Å². The van der Waals surface area contributed by atoms with Crippen LogP contribution in [-0.4, -0.2) is 25.2 Å². The second kappa shape index (κ2) is 9.30. The highest BCUT2D eigenvalue weighted by Gasteiger charge is 2.32. The van der Waals surface area contributed by atoms with Gasteiger partial charge in [0.2, 0.25) is 0 Å². The Kier molecular flexibility index (Phi) is 6.28. The summed E-state index contributed by atoms with van der Waals surface area (Å²) in [5.74, 6) is 0.215. The third kappa shape index (κ3) is 4.12. The lowest BCUT2D eigenvalue weighted by Gasteiger charge is -2.33. The lowest BCUT2D eigenvalue weighted by molar-refractivity contribution is 0.0690. The normalized spacial score (nSPS) is 16.4. The fourth-order valence-electron chi connectivity index (χ4n) is 4.41. The number of nitrogens with one attached hydrogen (secondary N) is 2. The molecule has 2 aliphatic rings. The van der Waals surface area contributed by atoms with E-state index in [2.05, 4.69) is 56.5 Å². The monoisotopic (exact) mass is 440 g/mol. The van der Waals surface area contributed by atoms with Crippen LogP contribution >= 0.6 is 0 Å². The fraction of sp³-hybridized carbons (Fsp3) is 0.250. The van der Waals surface area contributed by atoms with Crippen LogP contribution in [0.3, 0.4) is 0 Å². The predicted octanol–water partition coefficient (Wildman–Crippen LogP) is 5.19. The Hall–Kier alpha value is -3.91. The summed E-state index contributed by atoms with van der Waals surface area (Å²) in [6, 6.07) is 11.6. The van der Waals surface area contributed by atoms with Gasteiger partial charge < -0.3 is 20.1 Å². The molecule has 5 heteroatoms. The zero-order valence-corrected chi connectivity index (χ0v) is 19.4. The quantitative estimate of drug-likeness (QED) is 0.478. The molecule has 0 saturated heterocycles. The summed E-state index contributed by atoms with van der Waals surface area (Å²) in [7, 11) is 0. The molecule has 0 fully saturated rings. The molecule has 1 heterocycles. The van der Waals surface area contributed by atoms with Crippen molar-refractivity contribution in [2.24, 2.45) is 0 Å². The van der Waals surface area contributed by atoms with Gasteiger partial charge in [0, 0.05) is 47.2 Å². The van der Waals surface area contributed by atoms with Crippen LogP contribution in [-0.2, 0) is 4.74 Å². The average molecular weight is 441 g/mol. The molecule has 5 nitrogen and oxygen atoms in total. The Morgan fingerprint density at radius 1 is 1.12 bits per heavy atom. The number of ether oxygens (including phenoxy) is 2. The summed E-state index contributed by atoms with van der Waals surface area (Å²) in [5.41, 5.74) is 8.35. The minimum atomic E-state index is -0.549. The van der Waals surface area contributed by atoms with Gasteiger partial charge in [0.25, 0.3) is 0 Å². The fourth-order valence-corrected chi connectivity index (χ4v) is 4.41. The molecule has 1 atom stereocenters. The minimum absolute atomic E-state index is 0.292. The standard InChI is InChI=1S/C28H28N2O3/c1-6-29-23-15-25-21(13-17(23)4)27(19-11-9-10-12-20(19)28(31)32-8-3)22-14-18(5)24(30-7-2)16-26(22)33-25/h3,9-16,25,29-30H,6-7H2,1-2,4-5H3. The topological polar surface area (TPSA) is 59.6 Å². The summed E-state index contributed by atoms with van der Waals surface area (Å²) in [5, 5.41) is 6.82. The first-order valence-corrected chi connectivity index (χ1v) is 11.2. The van der Waals surface area contributed by atoms with Crippen LogP contribution in [0.4, 0.5) is 5.69 Å². The number of likely N-dealkylation sites (N-methyl/N-ethyl adjacent to an activating group) is 1. The first-order chi connectivity index (χ1) is 16.0. The number of hydrogen-bond donors (Lipinski definition) is 2. The number of esters is 1. The van der Waals surface area contributed by atoms with E-state index in [0.717, 1.165) is 63.6 Å². The molecule has 1 unspecified atom stereocenters. The van der Waals surface area contributed by atoms with Crippen molar-refractivity contribution in [3.63, 3.8) is 0 Å². The van der Waals surface area contributed by atoms with Crippen molar-refractivity contribution in [3.8, 4) is 18.3 Å². The number of benzene rings is 2. The van der Waals surface area contributed by atoms with Gasteiger partial charge in [0.15, 0.2) is 0 Å². The third-order valence-corrected chi connectivity index (χ3v) is 5.86. The largest absolute Gasteiger partial charge is 0.481 e. The molecular formula is C28H28N2O3. The van der Waals surface area contributed by atoms with E-state index >= 15 is 0 Å². The number of hydrogen-bond acceptors (Lipinski definition) is 5. The van der Waals surface area contributed by atoms with Gasteiger partial charge in [-0.25, -0.2) is 4.79 Å². The maximum absolute atomic E-state index is 12.7. The Labute approximate surface area is 195 Å². The van der Waals surface area contributed by atoms with Gasteiger partial charge in [-0.3, -0.25) is 0 Å². The summed E-state index contributed by atoms with van der Waals surface area (Å²) in [6.45, 7) is 9.90. The van der Waals surface area contributed by atoms with Gasteiger partial charge in [-0.05, 0) is 68.7 Å². The molecule has 1 aliphatic heterocycles. The van der Waals surface area contributed by atoms with Crippen molar-refractivity contribution in [1.82, 2.24) is 5.32 Å². The molecular weight excluding hydrogens is 412 g/mol. The number of carbonyl (C=O) groups is 1. The number of rotatable bonds is 6. The minimum Gasteiger partial charge on any atom is -0.481 e. The highest BCUT2D eigenvalue weighted by molar-refractivity contribution is 6.01. The zero-order valence-electron chi connectivity index (χ0n) is 19.4. The van der Waals surface area contributed by atoms with Crippen molar-refractivity contribution in [1.29, 1.82) is 0 Å². The molecule has 0 spiro atoms. The molecule has 2 aromatic rings. The van der Waals surface area contributed by atoms with Crippen molar-refractivity contribution in [3.05, 3.63) is 87.6 Å². The summed E-state index contributed by atoms with van der Waals surface area (Å²) >= 11 is 0. The number of fused-ring (bicyclic) bond motifs is 2. The maximum Gasteiger partial charge on any atom is 0.352 e. The molecule has 33 heavy (non-hydrogen) atoms. The Balaban J connectivity index is 2.00. The Morgan fingerprint density at radius 2 is 1.88 bits per heavy atom. The van der Waals surface area contributed by atoms with Crippen LogP contribution in [0.5, 0.6) is 5.75 Å². The number of aryl methyl sites for hydroxylation is 1. The second-order valence-electron chi connectivity index (χ2n) is 8.05. The number of terminal acetylenes is 1. The lowest BCUT2D eigenvalue weighted by atomic mass is 9.82. The molecule has 0 aromatic heterocycles. The van der Waals surface area contributed by atoms with Gasteiger partial charge in [-0.15, -0.1) is 0 Å². The van der Waals surface area contributed by atoms with Gasteiger partial charge in [-0.1, -0.05) is 24.6 Å². The summed E-state index contributed by atoms with van der Waals surface area (Å²) in [6.07, 6.45) is 11.2. The van der Waals surface area contributed by atoms with Crippen LogP contribution in [0, 0.1) is 19.5 Å². The predicted molar refractivity (Wildman–Crippen MR) is 132 cm³/mol. The molecule has 0 radical (unpaired) electrons. The molecule has 1 aliphatic carbocycles. The summed E-state index contributed by atoms with van der Waals surface area (Å²) < 4.78 is 11.4. The Bertz CT molecular complexity index is 1240. The first kappa shape index (κ1) is 22.3. The van der Waals surface area contributed by atoms with E-state index in [-0.39, 0.29) is 6.10 Å². The van der Waals surface area contributed by atoms with Gasteiger partial charge in [0.1, 0.15) is 18.0 Å². The van der Waals surface area contributed by atoms with Crippen LogP contribution in [0.2, 0.25) is 0 Å². The molecule has 4 rings (SSSR count). The summed E-state index contributed by atoms with van der Waals surface area (Å²) in [4.78, 5) is 12.7. The van der Waals surface area contributed by atoms with Crippen molar-refractivity contribution in [2.75, 3.05) is 18.4 Å². The van der Waals surface area contributed by atoms with Gasteiger partial charge >= 0.3 is 5.97 Å². The van der Waals surface area contributed by atoms with Crippen molar-refractivity contribution < 1.29 is 14.3 Å². The molecule has 168 valence electrons. The van der Waals surface area contributed by atoms with E-state index in [0.29, 0.717) is 5.56 Å². The smallest absolute Gasteiger partial charge is 0.352 e. The van der Waals surface area contributed by atoms with Crippen molar-refractivity contribution >= 4 is 17.2 Å². The Morgan fingerprint density at radius 3 is 2.61 bits per heavy atom. The van der Waals surface area contributed by atoms with Crippen molar-refractivity contribution in [2.45, 2.75) is 33.8 Å². The SMILES string of the molecule is C#COC(=O)c1ccccc1C1=C2C=C(C)C(NCC)=CC2Oc2cc(NCC)c(C)cc21. The van der Waals surface area contributed by atoms with Crippen LogP contribution in [0.15, 0.2) is 65.4 Å². The van der Waals surface area contributed by atoms with E-state index in [1.54, 1.807) is 6.07 Å². The van der Waals surface area contributed by atoms with Gasteiger partial charge in [-0.2, -0.15) is 0 Å². The van der Waals surface area contributed by atoms with Gasteiger partial charge in [0.05, 0.1) is 5.56 Å². The molecule has 0 bridgehead atoms. The third-order valence-electron chi connectivity index (χ3n) is 5.86. The van der Waals surface area contributed by atoms with Crippen LogP contribution < -0.4 is 15.4 Å². The maximum atomic E-state index is 12.7. The molecule has 0 saturated carbocycles. The van der Waals surface area contributed by atoms with E-state index in [4.69, 9.17) is 15.9 Å². The van der Waals surface area contributed by atoms with Crippen LogP contribution in [0.1, 0.15) is 47.8 Å². The zero-order chi connectivity index (χ0) is 23.5. The van der Waals surface area contributed by atoms with E-state index in [9.17, 15) is 4.79 Å². The molecule has 2 N–H and O–H groups in total. The molecule has 2 aromatic carbocycles. The number of anilines is 1. The first-order valence-electron chi connectivity index (χ1n) is 11.2. The van der Waals surface area contributed by atoms with E-state index in [1.165, 1.54) is 0 Å². The van der Waals surface area contributed by atoms with Crippen LogP contribution in [0.25, 0.3) is 5.57 Å². The highest BCUT2D eigenvalue weighted by atomic mass is 16.5. The second-order valence-corrected chi connectivity index (χ2v) is 8.05. The molecule has 0 amide bonds.